The highest BCUT2D eigenvalue weighted by molar-refractivity contribution is 9.10. The van der Waals surface area contributed by atoms with E-state index in [2.05, 4.69) is 21.2 Å². The number of nitrogens with one attached hydrogen (secondary N) is 1. The normalized spacial score (nSPS) is 22.1. The van der Waals surface area contributed by atoms with Gasteiger partial charge in [0.25, 0.3) is 0 Å². The van der Waals surface area contributed by atoms with Gasteiger partial charge >= 0.3 is 0 Å². The maximum absolute atomic E-state index is 9.69. The molecule has 1 aliphatic rings. The fourth-order valence-corrected chi connectivity index (χ4v) is 2.13. The lowest BCUT2D eigenvalue weighted by molar-refractivity contribution is 0.462. The second-order valence-electron chi connectivity index (χ2n) is 3.39. The highest BCUT2D eigenvalue weighted by Crippen LogP contribution is 2.31. The number of rotatable bonds is 1. The van der Waals surface area contributed by atoms with Gasteiger partial charge in [-0.3, -0.25) is 0 Å². The second kappa shape index (κ2) is 3.68. The first-order valence-electron chi connectivity index (χ1n) is 4.46. The van der Waals surface area contributed by atoms with E-state index in [1.165, 1.54) is 0 Å². The summed E-state index contributed by atoms with van der Waals surface area (Å²) in [6.45, 7) is 2.04. The van der Waals surface area contributed by atoms with Gasteiger partial charge in [0.15, 0.2) is 0 Å². The first-order valence-corrected chi connectivity index (χ1v) is 5.26. The number of halogens is 1. The second-order valence-corrected chi connectivity index (χ2v) is 4.31. The van der Waals surface area contributed by atoms with Crippen LogP contribution in [0, 0.1) is 0 Å². The highest BCUT2D eigenvalue weighted by Gasteiger charge is 2.19. The van der Waals surface area contributed by atoms with E-state index < -0.39 is 0 Å². The van der Waals surface area contributed by atoms with Gasteiger partial charge in [0.05, 0.1) is 0 Å². The Morgan fingerprint density at radius 1 is 1.46 bits per heavy atom. The lowest BCUT2D eigenvalue weighted by Crippen LogP contribution is -2.07. The smallest absolute Gasteiger partial charge is 0.120 e. The number of hydrogen-bond acceptors (Lipinski definition) is 2. The van der Waals surface area contributed by atoms with Crippen molar-refractivity contribution in [2.45, 2.75) is 12.3 Å². The summed E-state index contributed by atoms with van der Waals surface area (Å²) in [6, 6.07) is 5.73. The Kier molecular flexibility index (Phi) is 2.56. The third-order valence-electron chi connectivity index (χ3n) is 2.49. The predicted molar refractivity (Wildman–Crippen MR) is 56.0 cm³/mol. The summed E-state index contributed by atoms with van der Waals surface area (Å²) >= 11 is 3.33. The third-order valence-corrected chi connectivity index (χ3v) is 2.99. The highest BCUT2D eigenvalue weighted by atomic mass is 79.9. The fourth-order valence-electron chi connectivity index (χ4n) is 1.78. The topological polar surface area (TPSA) is 32.3 Å². The minimum atomic E-state index is 0.406. The lowest BCUT2D eigenvalue weighted by atomic mass is 9.98. The Morgan fingerprint density at radius 3 is 2.92 bits per heavy atom. The molecule has 2 N–H and O–H groups in total. The van der Waals surface area contributed by atoms with Gasteiger partial charge in [0.2, 0.25) is 0 Å². The van der Waals surface area contributed by atoms with Gasteiger partial charge in [-0.15, -0.1) is 0 Å². The maximum atomic E-state index is 9.69. The zero-order valence-corrected chi connectivity index (χ0v) is 8.84. The molecule has 0 radical (unpaired) electrons. The minimum absolute atomic E-state index is 0.406. The van der Waals surface area contributed by atoms with Crippen molar-refractivity contribution < 1.29 is 5.11 Å². The molecule has 13 heavy (non-hydrogen) atoms. The van der Waals surface area contributed by atoms with Crippen molar-refractivity contribution in [3.05, 3.63) is 28.2 Å². The van der Waals surface area contributed by atoms with Gasteiger partial charge in [0.1, 0.15) is 5.75 Å². The first-order chi connectivity index (χ1) is 6.27. The molecule has 0 spiro atoms. The quantitative estimate of drug-likeness (QED) is 0.791. The number of aromatic hydroxyl groups is 1. The summed E-state index contributed by atoms with van der Waals surface area (Å²) in [7, 11) is 0. The van der Waals surface area contributed by atoms with Gasteiger partial charge in [0, 0.05) is 16.9 Å². The molecule has 1 unspecified atom stereocenters. The van der Waals surface area contributed by atoms with Crippen molar-refractivity contribution in [1.29, 1.82) is 0 Å². The number of phenols is 1. The van der Waals surface area contributed by atoms with E-state index in [-0.39, 0.29) is 0 Å². The first kappa shape index (κ1) is 9.03. The molecule has 1 heterocycles. The summed E-state index contributed by atoms with van der Waals surface area (Å²) in [5, 5.41) is 13.0. The Labute approximate surface area is 86.1 Å². The zero-order chi connectivity index (χ0) is 9.26. The van der Waals surface area contributed by atoms with E-state index >= 15 is 0 Å². The van der Waals surface area contributed by atoms with Crippen LogP contribution in [0.5, 0.6) is 5.75 Å². The van der Waals surface area contributed by atoms with Crippen LogP contribution in [-0.4, -0.2) is 18.2 Å². The summed E-state index contributed by atoms with van der Waals surface area (Å²) in [5.41, 5.74) is 1.06. The monoisotopic (exact) mass is 241 g/mol. The van der Waals surface area contributed by atoms with E-state index in [0.717, 1.165) is 29.5 Å². The number of hydrogen-bond donors (Lipinski definition) is 2. The number of benzene rings is 1. The fraction of sp³-hybridized carbons (Fsp3) is 0.400. The molecule has 0 aliphatic carbocycles. The molecule has 0 amide bonds. The van der Waals surface area contributed by atoms with Crippen LogP contribution in [0.1, 0.15) is 17.9 Å². The van der Waals surface area contributed by atoms with Crippen LogP contribution < -0.4 is 5.32 Å². The molecule has 1 aromatic rings. The van der Waals surface area contributed by atoms with Crippen molar-refractivity contribution in [2.24, 2.45) is 0 Å². The zero-order valence-electron chi connectivity index (χ0n) is 7.26. The summed E-state index contributed by atoms with van der Waals surface area (Å²) in [4.78, 5) is 0. The van der Waals surface area contributed by atoms with Crippen LogP contribution in [0.3, 0.4) is 0 Å². The molecule has 1 aliphatic heterocycles. The van der Waals surface area contributed by atoms with Gasteiger partial charge in [-0.25, -0.2) is 0 Å². The van der Waals surface area contributed by atoms with E-state index in [1.54, 1.807) is 6.07 Å². The largest absolute Gasteiger partial charge is 0.508 e. The lowest BCUT2D eigenvalue weighted by Gasteiger charge is -2.10. The molecule has 2 rings (SSSR count). The van der Waals surface area contributed by atoms with Gasteiger partial charge in [-0.1, -0.05) is 22.0 Å². The van der Waals surface area contributed by atoms with E-state index in [9.17, 15) is 5.11 Å². The SMILES string of the molecule is Oc1cc(Br)ccc1C1CCNC1. The molecular weight excluding hydrogens is 230 g/mol. The standard InChI is InChI=1S/C10H12BrNO/c11-8-1-2-9(10(13)5-8)7-3-4-12-6-7/h1-2,5,7,12-13H,3-4,6H2. The molecule has 70 valence electrons. The van der Waals surface area contributed by atoms with Gasteiger partial charge < -0.3 is 10.4 Å². The van der Waals surface area contributed by atoms with Crippen LogP contribution in [0.25, 0.3) is 0 Å². The Hall–Kier alpha value is -0.540. The molecule has 0 aromatic heterocycles. The predicted octanol–water partition coefficient (Wildman–Crippen LogP) is 2.23. The molecule has 3 heteroatoms. The Morgan fingerprint density at radius 2 is 2.31 bits per heavy atom. The molecule has 2 nitrogen and oxygen atoms in total. The van der Waals surface area contributed by atoms with Crippen molar-refractivity contribution >= 4 is 15.9 Å². The van der Waals surface area contributed by atoms with Crippen molar-refractivity contribution in [1.82, 2.24) is 5.32 Å². The average Bonchev–Trinajstić information content (AvgIpc) is 2.56. The van der Waals surface area contributed by atoms with Crippen molar-refractivity contribution in [3.63, 3.8) is 0 Å². The molecular formula is C10H12BrNO. The molecule has 1 aromatic carbocycles. The maximum Gasteiger partial charge on any atom is 0.120 e. The average molecular weight is 242 g/mol. The molecule has 1 saturated heterocycles. The molecule has 0 bridgehead atoms. The van der Waals surface area contributed by atoms with Crippen LogP contribution in [-0.2, 0) is 0 Å². The Balaban J connectivity index is 2.29. The molecule has 1 fully saturated rings. The summed E-state index contributed by atoms with van der Waals surface area (Å²) in [6.07, 6.45) is 1.12. The third kappa shape index (κ3) is 1.86. The number of phenolic OH excluding ortho intramolecular Hbond substituents is 1. The van der Waals surface area contributed by atoms with Crippen LogP contribution in [0.4, 0.5) is 0 Å². The van der Waals surface area contributed by atoms with E-state index in [0.29, 0.717) is 11.7 Å². The Bertz CT molecular complexity index is 308. The summed E-state index contributed by atoms with van der Waals surface area (Å²) in [5.74, 6) is 0.885. The van der Waals surface area contributed by atoms with E-state index in [4.69, 9.17) is 0 Å². The minimum Gasteiger partial charge on any atom is -0.508 e. The van der Waals surface area contributed by atoms with Crippen LogP contribution in [0.15, 0.2) is 22.7 Å². The van der Waals surface area contributed by atoms with E-state index in [1.807, 2.05) is 12.1 Å². The van der Waals surface area contributed by atoms with Gasteiger partial charge in [-0.05, 0) is 30.7 Å². The van der Waals surface area contributed by atoms with Gasteiger partial charge in [-0.2, -0.15) is 0 Å². The van der Waals surface area contributed by atoms with Crippen LogP contribution in [0.2, 0.25) is 0 Å². The summed E-state index contributed by atoms with van der Waals surface area (Å²) < 4.78 is 0.930. The molecule has 1 atom stereocenters. The van der Waals surface area contributed by atoms with Crippen molar-refractivity contribution in [3.8, 4) is 5.75 Å². The van der Waals surface area contributed by atoms with Crippen LogP contribution >= 0.6 is 15.9 Å². The molecule has 0 saturated carbocycles. The van der Waals surface area contributed by atoms with Crippen molar-refractivity contribution in [2.75, 3.05) is 13.1 Å².